The summed E-state index contributed by atoms with van der Waals surface area (Å²) in [6.07, 6.45) is 3.49. The Morgan fingerprint density at radius 2 is 2.05 bits per heavy atom. The fourth-order valence-electron chi connectivity index (χ4n) is 2.59. The molecule has 1 aromatic carbocycles. The number of halogens is 1. The van der Waals surface area contributed by atoms with Crippen molar-refractivity contribution >= 4 is 5.78 Å². The molecule has 1 unspecified atom stereocenters. The molecule has 0 radical (unpaired) electrons. The molecule has 104 valence electrons. The number of carbonyl (C=O) groups is 1. The molecule has 0 saturated carbocycles. The molecule has 1 aliphatic rings. The summed E-state index contributed by atoms with van der Waals surface area (Å²) >= 11 is 0. The van der Waals surface area contributed by atoms with Crippen LogP contribution in [0.5, 0.6) is 0 Å². The van der Waals surface area contributed by atoms with Crippen LogP contribution in [0.25, 0.3) is 0 Å². The minimum Gasteiger partial charge on any atom is -0.395 e. The second-order valence-corrected chi connectivity index (χ2v) is 5.14. The van der Waals surface area contributed by atoms with Gasteiger partial charge in [0.1, 0.15) is 5.82 Å². The number of ketones is 1. The van der Waals surface area contributed by atoms with Crippen LogP contribution in [0.15, 0.2) is 24.3 Å². The molecule has 0 aliphatic carbocycles. The van der Waals surface area contributed by atoms with Gasteiger partial charge in [-0.2, -0.15) is 0 Å². The fourth-order valence-corrected chi connectivity index (χ4v) is 2.59. The number of hydrogen-bond donors (Lipinski definition) is 1. The Kier molecular flexibility index (Phi) is 5.05. The van der Waals surface area contributed by atoms with Gasteiger partial charge in [-0.3, -0.25) is 9.69 Å². The van der Waals surface area contributed by atoms with E-state index in [2.05, 4.69) is 4.90 Å². The topological polar surface area (TPSA) is 40.5 Å². The third-order valence-corrected chi connectivity index (χ3v) is 3.65. The van der Waals surface area contributed by atoms with Gasteiger partial charge in [0.05, 0.1) is 13.2 Å². The number of aliphatic hydroxyl groups excluding tert-OH is 1. The van der Waals surface area contributed by atoms with E-state index in [-0.39, 0.29) is 24.2 Å². The quantitative estimate of drug-likeness (QED) is 0.882. The van der Waals surface area contributed by atoms with Gasteiger partial charge < -0.3 is 5.11 Å². The van der Waals surface area contributed by atoms with Crippen molar-refractivity contribution < 1.29 is 14.3 Å². The molecular formula is C15H20FNO2. The summed E-state index contributed by atoms with van der Waals surface area (Å²) in [5, 5.41) is 9.30. The predicted molar refractivity (Wildman–Crippen MR) is 71.4 cm³/mol. The van der Waals surface area contributed by atoms with Crippen LogP contribution >= 0.6 is 0 Å². The minimum atomic E-state index is -0.285. The summed E-state index contributed by atoms with van der Waals surface area (Å²) in [6.45, 7) is 1.37. The SMILES string of the molecule is O=C(Cc1ccc(F)cc1)CN1CCCCC1CO. The molecule has 2 rings (SSSR count). The molecule has 0 bridgehead atoms. The van der Waals surface area contributed by atoms with Crippen molar-refractivity contribution in [3.05, 3.63) is 35.6 Å². The molecule has 1 fully saturated rings. The van der Waals surface area contributed by atoms with Crippen LogP contribution in [-0.2, 0) is 11.2 Å². The van der Waals surface area contributed by atoms with Crippen LogP contribution in [0.4, 0.5) is 4.39 Å². The summed E-state index contributed by atoms with van der Waals surface area (Å²) in [5.74, 6) is -0.167. The van der Waals surface area contributed by atoms with Crippen molar-refractivity contribution in [1.82, 2.24) is 4.90 Å². The number of likely N-dealkylation sites (tertiary alicyclic amines) is 1. The number of benzene rings is 1. The lowest BCUT2D eigenvalue weighted by Crippen LogP contribution is -2.44. The Morgan fingerprint density at radius 1 is 1.32 bits per heavy atom. The molecule has 1 atom stereocenters. The number of hydrogen-bond acceptors (Lipinski definition) is 3. The van der Waals surface area contributed by atoms with Gasteiger partial charge >= 0.3 is 0 Å². The highest BCUT2D eigenvalue weighted by Gasteiger charge is 2.23. The van der Waals surface area contributed by atoms with Crippen LogP contribution in [-0.4, -0.2) is 41.5 Å². The average Bonchev–Trinajstić information content (AvgIpc) is 2.42. The van der Waals surface area contributed by atoms with Crippen LogP contribution < -0.4 is 0 Å². The van der Waals surface area contributed by atoms with Crippen molar-refractivity contribution in [3.63, 3.8) is 0 Å². The molecule has 4 heteroatoms. The average molecular weight is 265 g/mol. The number of Topliss-reactive ketones (excluding diaryl/α,β-unsaturated/α-hetero) is 1. The van der Waals surface area contributed by atoms with Crippen LogP contribution in [0, 0.1) is 5.82 Å². The van der Waals surface area contributed by atoms with E-state index in [9.17, 15) is 14.3 Å². The zero-order valence-electron chi connectivity index (χ0n) is 11.0. The first-order valence-corrected chi connectivity index (χ1v) is 6.80. The van der Waals surface area contributed by atoms with Crippen molar-refractivity contribution in [2.45, 2.75) is 31.7 Å². The van der Waals surface area contributed by atoms with E-state index in [0.29, 0.717) is 13.0 Å². The number of piperidine rings is 1. The van der Waals surface area contributed by atoms with Crippen molar-refractivity contribution in [1.29, 1.82) is 0 Å². The second-order valence-electron chi connectivity index (χ2n) is 5.14. The molecule has 19 heavy (non-hydrogen) atoms. The molecular weight excluding hydrogens is 245 g/mol. The molecule has 1 aromatic rings. The normalized spacial score (nSPS) is 20.4. The monoisotopic (exact) mass is 265 g/mol. The summed E-state index contributed by atoms with van der Waals surface area (Å²) in [5.41, 5.74) is 0.837. The Balaban J connectivity index is 1.88. The van der Waals surface area contributed by atoms with E-state index in [1.807, 2.05) is 0 Å². The first-order valence-electron chi connectivity index (χ1n) is 6.80. The summed E-state index contributed by atoms with van der Waals surface area (Å²) in [4.78, 5) is 14.1. The van der Waals surface area contributed by atoms with E-state index < -0.39 is 0 Å². The van der Waals surface area contributed by atoms with Gasteiger partial charge in [0.15, 0.2) is 5.78 Å². The maximum absolute atomic E-state index is 12.8. The summed E-state index contributed by atoms with van der Waals surface area (Å²) < 4.78 is 12.8. The van der Waals surface area contributed by atoms with E-state index in [0.717, 1.165) is 31.4 Å². The number of nitrogens with zero attached hydrogens (tertiary/aromatic N) is 1. The zero-order chi connectivity index (χ0) is 13.7. The maximum atomic E-state index is 12.8. The van der Waals surface area contributed by atoms with Gasteiger partial charge in [-0.1, -0.05) is 18.6 Å². The third-order valence-electron chi connectivity index (χ3n) is 3.65. The second kappa shape index (κ2) is 6.78. The third kappa shape index (κ3) is 4.11. The number of rotatable bonds is 5. The Labute approximate surface area is 113 Å². The number of aliphatic hydroxyl groups is 1. The standard InChI is InChI=1S/C15H20FNO2/c16-13-6-4-12(5-7-13)9-15(19)10-17-8-2-1-3-14(17)11-18/h4-7,14,18H,1-3,8-11H2. The summed E-state index contributed by atoms with van der Waals surface area (Å²) in [6, 6.07) is 6.16. The highest BCUT2D eigenvalue weighted by atomic mass is 19.1. The molecule has 0 spiro atoms. The Bertz CT molecular complexity index is 419. The van der Waals surface area contributed by atoms with Gasteiger partial charge in [-0.15, -0.1) is 0 Å². The number of carbonyl (C=O) groups excluding carboxylic acids is 1. The molecule has 1 saturated heterocycles. The largest absolute Gasteiger partial charge is 0.395 e. The molecule has 1 heterocycles. The highest BCUT2D eigenvalue weighted by Crippen LogP contribution is 2.16. The van der Waals surface area contributed by atoms with Crippen molar-refractivity contribution in [2.24, 2.45) is 0 Å². The van der Waals surface area contributed by atoms with Gasteiger partial charge in [-0.05, 0) is 37.1 Å². The van der Waals surface area contributed by atoms with Gasteiger partial charge in [0.2, 0.25) is 0 Å². The maximum Gasteiger partial charge on any atom is 0.151 e. The van der Waals surface area contributed by atoms with Crippen LogP contribution in [0.3, 0.4) is 0 Å². The molecule has 1 N–H and O–H groups in total. The first kappa shape index (κ1) is 14.2. The lowest BCUT2D eigenvalue weighted by Gasteiger charge is -2.33. The smallest absolute Gasteiger partial charge is 0.151 e. The van der Waals surface area contributed by atoms with Crippen LogP contribution in [0.2, 0.25) is 0 Å². The summed E-state index contributed by atoms with van der Waals surface area (Å²) in [7, 11) is 0. The fraction of sp³-hybridized carbons (Fsp3) is 0.533. The Hall–Kier alpha value is -1.26. The van der Waals surface area contributed by atoms with Crippen LogP contribution in [0.1, 0.15) is 24.8 Å². The molecule has 0 aromatic heterocycles. The lowest BCUT2D eigenvalue weighted by molar-refractivity contribution is -0.120. The van der Waals surface area contributed by atoms with Crippen molar-refractivity contribution in [3.8, 4) is 0 Å². The van der Waals surface area contributed by atoms with Gasteiger partial charge in [0.25, 0.3) is 0 Å². The molecule has 3 nitrogen and oxygen atoms in total. The molecule has 0 amide bonds. The Morgan fingerprint density at radius 3 is 2.74 bits per heavy atom. The van der Waals surface area contributed by atoms with E-state index in [1.165, 1.54) is 12.1 Å². The predicted octanol–water partition coefficient (Wildman–Crippen LogP) is 1.78. The van der Waals surface area contributed by atoms with Gasteiger partial charge in [-0.25, -0.2) is 4.39 Å². The first-order chi connectivity index (χ1) is 9.19. The molecule has 1 aliphatic heterocycles. The van der Waals surface area contributed by atoms with E-state index >= 15 is 0 Å². The minimum absolute atomic E-state index is 0.115. The zero-order valence-corrected chi connectivity index (χ0v) is 11.0. The van der Waals surface area contributed by atoms with Gasteiger partial charge in [0, 0.05) is 12.5 Å². The highest BCUT2D eigenvalue weighted by molar-refractivity contribution is 5.82. The van der Waals surface area contributed by atoms with E-state index in [4.69, 9.17) is 0 Å². The van der Waals surface area contributed by atoms with E-state index in [1.54, 1.807) is 12.1 Å². The lowest BCUT2D eigenvalue weighted by atomic mass is 10.0. The van der Waals surface area contributed by atoms with Crippen molar-refractivity contribution in [2.75, 3.05) is 19.7 Å².